The number of aromatic nitrogens is 3. The molecule has 0 amide bonds. The summed E-state index contributed by atoms with van der Waals surface area (Å²) in [6.07, 6.45) is 10.4. The molecule has 0 bridgehead atoms. The van der Waals surface area contributed by atoms with E-state index in [0.29, 0.717) is 18.9 Å². The van der Waals surface area contributed by atoms with E-state index in [1.165, 1.54) is 0 Å². The van der Waals surface area contributed by atoms with Crippen LogP contribution in [0.2, 0.25) is 0 Å². The molecule has 12 heteroatoms. The summed E-state index contributed by atoms with van der Waals surface area (Å²) in [7, 11) is 3.56. The number of anilines is 3. The maximum Gasteiger partial charge on any atom is 0.303 e. The average molecular weight is 691 g/mol. The summed E-state index contributed by atoms with van der Waals surface area (Å²) in [6.45, 7) is 25.0. The van der Waals surface area contributed by atoms with Crippen LogP contribution in [-0.4, -0.2) is 104 Å². The van der Waals surface area contributed by atoms with Gasteiger partial charge in [-0.3, -0.25) is 4.79 Å². The van der Waals surface area contributed by atoms with Gasteiger partial charge in [-0.05, 0) is 107 Å². The zero-order chi connectivity index (χ0) is 36.6. The summed E-state index contributed by atoms with van der Waals surface area (Å²) < 4.78 is 0. The van der Waals surface area contributed by atoms with E-state index in [4.69, 9.17) is 29.7 Å². The highest BCUT2D eigenvalue weighted by Gasteiger charge is 2.49. The van der Waals surface area contributed by atoms with Gasteiger partial charge in [-0.15, -0.1) is 0 Å². The second-order valence-corrected chi connectivity index (χ2v) is 16.8. The van der Waals surface area contributed by atoms with Crippen LogP contribution >= 0.6 is 0 Å². The number of aliphatic carboxylic acids is 1. The second-order valence-electron chi connectivity index (χ2n) is 16.8. The number of piperidine rings is 2. The maximum atomic E-state index is 11.0. The largest absolute Gasteiger partial charge is 0.481 e. The zero-order valence-electron chi connectivity index (χ0n) is 33.1. The predicted molar refractivity (Wildman–Crippen MR) is 199 cm³/mol. The van der Waals surface area contributed by atoms with Crippen molar-refractivity contribution in [2.24, 2.45) is 0 Å². The van der Waals surface area contributed by atoms with Crippen molar-refractivity contribution in [2.45, 2.75) is 181 Å². The summed E-state index contributed by atoms with van der Waals surface area (Å²) in [4.78, 5) is 43.5. The van der Waals surface area contributed by atoms with Crippen LogP contribution in [0.25, 0.3) is 0 Å². The number of rotatable bonds is 19. The van der Waals surface area contributed by atoms with Gasteiger partial charge < -0.3 is 29.9 Å². The molecular weight excluding hydrogens is 620 g/mol. The van der Waals surface area contributed by atoms with Gasteiger partial charge in [0.25, 0.3) is 0 Å². The lowest BCUT2D eigenvalue weighted by Crippen LogP contribution is -2.64. The molecule has 1 aromatic rings. The van der Waals surface area contributed by atoms with Gasteiger partial charge in [-0.25, -0.2) is 0 Å². The number of nitrogens with zero attached hydrogens (tertiary/aromatic N) is 7. The molecule has 0 aromatic carbocycles. The number of nitrogens with one attached hydrogen (secondary N) is 1. The van der Waals surface area contributed by atoms with E-state index in [2.05, 4.69) is 94.5 Å². The van der Waals surface area contributed by atoms with E-state index in [-0.39, 0.29) is 40.7 Å². The van der Waals surface area contributed by atoms with Crippen molar-refractivity contribution in [1.82, 2.24) is 25.1 Å². The molecule has 2 aliphatic rings. The number of hydrogen-bond acceptors (Lipinski definition) is 11. The van der Waals surface area contributed by atoms with Gasteiger partial charge in [0.15, 0.2) is 0 Å². The molecule has 1 aromatic heterocycles. The van der Waals surface area contributed by atoms with Gasteiger partial charge in [-0.2, -0.15) is 25.1 Å². The van der Waals surface area contributed by atoms with Gasteiger partial charge in [0.05, 0.1) is 14.2 Å². The lowest BCUT2D eigenvalue weighted by Gasteiger charge is -2.55. The molecule has 2 saturated heterocycles. The molecule has 282 valence electrons. The van der Waals surface area contributed by atoms with E-state index in [1.54, 1.807) is 14.2 Å². The van der Waals surface area contributed by atoms with Crippen molar-refractivity contribution in [3.8, 4) is 0 Å². The topological polar surface area (TPSA) is 119 Å². The van der Waals surface area contributed by atoms with Crippen molar-refractivity contribution in [2.75, 3.05) is 49.0 Å². The third kappa shape index (κ3) is 10.6. The highest BCUT2D eigenvalue weighted by atomic mass is 16.7. The summed E-state index contributed by atoms with van der Waals surface area (Å²) in [6, 6.07) is 0.433. The van der Waals surface area contributed by atoms with Gasteiger partial charge in [0.2, 0.25) is 17.8 Å². The summed E-state index contributed by atoms with van der Waals surface area (Å²) >= 11 is 0. The highest BCUT2D eigenvalue weighted by molar-refractivity contribution is 5.66. The Balaban J connectivity index is 2.09. The van der Waals surface area contributed by atoms with Gasteiger partial charge >= 0.3 is 5.97 Å². The molecule has 0 radical (unpaired) electrons. The van der Waals surface area contributed by atoms with Crippen LogP contribution in [-0.2, 0) is 14.5 Å². The number of unbranched alkanes of at least 4 members (excludes halogenated alkanes) is 4. The van der Waals surface area contributed by atoms with Crippen LogP contribution in [0.1, 0.15) is 146 Å². The number of carboxylic acids is 1. The van der Waals surface area contributed by atoms with Crippen LogP contribution in [0.4, 0.5) is 17.8 Å². The molecule has 0 aliphatic carbocycles. The standard InChI is InChI=1S/C37H70N8O4/c1-13-15-22-42(28-24-34(3,4)44(48-11)35(5,6)25-28)32-39-31(38-21-19-17-18-20-30(46)47)40-33(41-32)43(23-16-14-2)29-26-36(7,8)45(49-12)37(9,10)27-29/h28-29H,13-27H2,1-12H3,(H,46,47)(H,38,39,40,41). The Labute approximate surface area is 297 Å². The predicted octanol–water partition coefficient (Wildman–Crippen LogP) is 7.31. The molecule has 0 unspecified atom stereocenters. The Morgan fingerprint density at radius 1 is 0.714 bits per heavy atom. The lowest BCUT2D eigenvalue weighted by molar-refractivity contribution is -0.266. The minimum absolute atomic E-state index is 0.182. The molecule has 2 aliphatic heterocycles. The first-order valence-electron chi connectivity index (χ1n) is 18.9. The van der Waals surface area contributed by atoms with E-state index in [9.17, 15) is 4.79 Å². The maximum absolute atomic E-state index is 11.0. The molecule has 0 saturated carbocycles. The highest BCUT2D eigenvalue weighted by Crippen LogP contribution is 2.43. The fourth-order valence-corrected chi connectivity index (χ4v) is 8.87. The van der Waals surface area contributed by atoms with Crippen LogP contribution in [0.15, 0.2) is 0 Å². The molecule has 0 spiro atoms. The Kier molecular flexibility index (Phi) is 14.5. The molecule has 2 N–H and O–H groups in total. The normalized spacial score (nSPS) is 21.1. The second kappa shape index (κ2) is 17.3. The van der Waals surface area contributed by atoms with Crippen molar-refractivity contribution in [1.29, 1.82) is 0 Å². The number of hydroxylamine groups is 4. The first kappa shape index (κ1) is 41.1. The Morgan fingerprint density at radius 2 is 1.12 bits per heavy atom. The van der Waals surface area contributed by atoms with Crippen molar-refractivity contribution in [3.63, 3.8) is 0 Å². The van der Waals surface area contributed by atoms with E-state index in [1.807, 2.05) is 0 Å². The first-order valence-corrected chi connectivity index (χ1v) is 18.9. The number of carbonyl (C=O) groups is 1. The minimum Gasteiger partial charge on any atom is -0.481 e. The van der Waals surface area contributed by atoms with Crippen LogP contribution in [0, 0.1) is 0 Å². The van der Waals surface area contributed by atoms with Crippen molar-refractivity contribution < 1.29 is 19.6 Å². The summed E-state index contributed by atoms with van der Waals surface area (Å²) in [5.41, 5.74) is -0.729. The fraction of sp³-hybridized carbons (Fsp3) is 0.892. The molecule has 12 nitrogen and oxygen atoms in total. The van der Waals surface area contributed by atoms with Gasteiger partial charge in [0, 0.05) is 60.3 Å². The smallest absolute Gasteiger partial charge is 0.303 e. The summed E-state index contributed by atoms with van der Waals surface area (Å²) in [5, 5.41) is 16.9. The van der Waals surface area contributed by atoms with Gasteiger partial charge in [-0.1, -0.05) is 33.1 Å². The van der Waals surface area contributed by atoms with E-state index in [0.717, 1.165) is 89.2 Å². The fourth-order valence-electron chi connectivity index (χ4n) is 8.87. The van der Waals surface area contributed by atoms with Crippen LogP contribution in [0.5, 0.6) is 0 Å². The molecule has 3 rings (SSSR count). The third-order valence-corrected chi connectivity index (χ3v) is 10.4. The minimum atomic E-state index is -0.746. The molecular formula is C37H70N8O4. The lowest BCUT2D eigenvalue weighted by atomic mass is 9.78. The van der Waals surface area contributed by atoms with Crippen LogP contribution in [0.3, 0.4) is 0 Å². The number of carboxylic acid groups (broad SMARTS) is 1. The summed E-state index contributed by atoms with van der Waals surface area (Å²) in [5.74, 6) is 1.29. The first-order chi connectivity index (χ1) is 22.9. The number of hydrogen-bond donors (Lipinski definition) is 2. The zero-order valence-corrected chi connectivity index (χ0v) is 33.1. The van der Waals surface area contributed by atoms with E-state index >= 15 is 0 Å². The van der Waals surface area contributed by atoms with Gasteiger partial charge in [0.1, 0.15) is 0 Å². The molecule has 49 heavy (non-hydrogen) atoms. The Morgan fingerprint density at radius 3 is 1.47 bits per heavy atom. The Hall–Kier alpha value is -2.28. The average Bonchev–Trinajstić information content (AvgIpc) is 2.97. The Bertz CT molecular complexity index is 1080. The van der Waals surface area contributed by atoms with E-state index < -0.39 is 5.97 Å². The van der Waals surface area contributed by atoms with Crippen molar-refractivity contribution in [3.05, 3.63) is 0 Å². The SMILES string of the molecule is CCCCN(c1nc(NCCCCCC(=O)O)nc(N(CCCC)C2CC(C)(C)N(OC)C(C)(C)C2)n1)C1CC(C)(C)N(OC)C(C)(C)C1. The monoisotopic (exact) mass is 691 g/mol. The molecule has 0 atom stereocenters. The van der Waals surface area contributed by atoms with Crippen LogP contribution < -0.4 is 15.1 Å². The quantitative estimate of drug-likeness (QED) is 0.142. The molecule has 2 fully saturated rings. The van der Waals surface area contributed by atoms with Crippen molar-refractivity contribution >= 4 is 23.8 Å². The third-order valence-electron chi connectivity index (χ3n) is 10.4. The molecule has 3 heterocycles.